The first-order valence-corrected chi connectivity index (χ1v) is 5.94. The number of rotatable bonds is 3. The van der Waals surface area contributed by atoms with E-state index in [2.05, 4.69) is 50.1 Å². The Hall–Kier alpha value is -1.77. The van der Waals surface area contributed by atoms with Gasteiger partial charge in [-0.1, -0.05) is 43.7 Å². The maximum Gasteiger partial charge on any atom is 0.0735 e. The van der Waals surface area contributed by atoms with Gasteiger partial charge < -0.3 is 5.73 Å². The summed E-state index contributed by atoms with van der Waals surface area (Å²) in [5, 5.41) is 4.35. The van der Waals surface area contributed by atoms with Crippen LogP contribution in [0.1, 0.15) is 36.6 Å². The SMILES string of the molecule is Cc1ccc(Cn2ncc(N)c2C(C)C)cc1. The molecule has 3 heteroatoms. The molecule has 2 rings (SSSR count). The van der Waals surface area contributed by atoms with Gasteiger partial charge in [0, 0.05) is 0 Å². The van der Waals surface area contributed by atoms with Crippen molar-refractivity contribution in [1.82, 2.24) is 9.78 Å². The van der Waals surface area contributed by atoms with Crippen LogP contribution in [0.3, 0.4) is 0 Å². The van der Waals surface area contributed by atoms with E-state index in [0.717, 1.165) is 17.9 Å². The first kappa shape index (κ1) is 11.7. The van der Waals surface area contributed by atoms with Crippen LogP contribution in [0.25, 0.3) is 0 Å². The highest BCUT2D eigenvalue weighted by atomic mass is 15.3. The lowest BCUT2D eigenvalue weighted by Gasteiger charge is -2.11. The van der Waals surface area contributed by atoms with E-state index in [-0.39, 0.29) is 0 Å². The molecule has 0 saturated carbocycles. The number of nitrogens with two attached hydrogens (primary N) is 1. The van der Waals surface area contributed by atoms with E-state index in [9.17, 15) is 0 Å². The fourth-order valence-electron chi connectivity index (χ4n) is 2.03. The molecule has 0 fully saturated rings. The molecule has 0 spiro atoms. The van der Waals surface area contributed by atoms with E-state index in [1.54, 1.807) is 6.20 Å². The van der Waals surface area contributed by atoms with Gasteiger partial charge >= 0.3 is 0 Å². The Balaban J connectivity index is 2.27. The van der Waals surface area contributed by atoms with Crippen molar-refractivity contribution < 1.29 is 0 Å². The Kier molecular flexibility index (Phi) is 3.18. The van der Waals surface area contributed by atoms with Crippen molar-refractivity contribution in [2.45, 2.75) is 33.2 Å². The number of anilines is 1. The summed E-state index contributed by atoms with van der Waals surface area (Å²) < 4.78 is 1.99. The predicted molar refractivity (Wildman–Crippen MR) is 71.0 cm³/mol. The number of benzene rings is 1. The molecule has 1 aromatic carbocycles. The monoisotopic (exact) mass is 229 g/mol. The van der Waals surface area contributed by atoms with Crippen LogP contribution in [0, 0.1) is 6.92 Å². The quantitative estimate of drug-likeness (QED) is 0.879. The van der Waals surface area contributed by atoms with Crippen LogP contribution in [0.15, 0.2) is 30.5 Å². The van der Waals surface area contributed by atoms with Crippen molar-refractivity contribution in [3.05, 3.63) is 47.3 Å². The third-order valence-electron chi connectivity index (χ3n) is 2.91. The molecule has 0 aliphatic rings. The minimum Gasteiger partial charge on any atom is -0.396 e. The van der Waals surface area contributed by atoms with Crippen molar-refractivity contribution in [3.63, 3.8) is 0 Å². The van der Waals surface area contributed by atoms with Crippen molar-refractivity contribution in [2.75, 3.05) is 5.73 Å². The smallest absolute Gasteiger partial charge is 0.0735 e. The Morgan fingerprint density at radius 1 is 1.24 bits per heavy atom. The molecular weight excluding hydrogens is 210 g/mol. The number of nitrogens with zero attached hydrogens (tertiary/aromatic N) is 2. The van der Waals surface area contributed by atoms with Crippen LogP contribution in [0.2, 0.25) is 0 Å². The van der Waals surface area contributed by atoms with Crippen molar-refractivity contribution in [1.29, 1.82) is 0 Å². The van der Waals surface area contributed by atoms with E-state index in [1.165, 1.54) is 11.1 Å². The molecule has 0 amide bonds. The van der Waals surface area contributed by atoms with E-state index < -0.39 is 0 Å². The largest absolute Gasteiger partial charge is 0.396 e. The lowest BCUT2D eigenvalue weighted by molar-refractivity contribution is 0.618. The molecule has 3 nitrogen and oxygen atoms in total. The fraction of sp³-hybridized carbons (Fsp3) is 0.357. The lowest BCUT2D eigenvalue weighted by Crippen LogP contribution is -2.08. The van der Waals surface area contributed by atoms with Gasteiger partial charge in [0.2, 0.25) is 0 Å². The summed E-state index contributed by atoms with van der Waals surface area (Å²) in [6.07, 6.45) is 1.74. The Morgan fingerprint density at radius 3 is 2.47 bits per heavy atom. The van der Waals surface area contributed by atoms with Gasteiger partial charge in [0.05, 0.1) is 24.1 Å². The number of hydrogen-bond donors (Lipinski definition) is 1. The second-order valence-corrected chi connectivity index (χ2v) is 4.78. The van der Waals surface area contributed by atoms with Crippen LogP contribution in [-0.2, 0) is 6.54 Å². The molecule has 1 heterocycles. The molecule has 90 valence electrons. The van der Waals surface area contributed by atoms with Crippen LogP contribution >= 0.6 is 0 Å². The summed E-state index contributed by atoms with van der Waals surface area (Å²) in [6.45, 7) is 7.15. The van der Waals surface area contributed by atoms with E-state index in [0.29, 0.717) is 5.92 Å². The summed E-state index contributed by atoms with van der Waals surface area (Å²) in [6, 6.07) is 8.52. The van der Waals surface area contributed by atoms with Crippen molar-refractivity contribution >= 4 is 5.69 Å². The Labute approximate surface area is 102 Å². The number of aryl methyl sites for hydroxylation is 1. The molecular formula is C14H19N3. The summed E-state index contributed by atoms with van der Waals surface area (Å²) in [7, 11) is 0. The number of aromatic nitrogens is 2. The van der Waals surface area contributed by atoms with Gasteiger partial charge in [0.15, 0.2) is 0 Å². The highest BCUT2D eigenvalue weighted by molar-refractivity contribution is 5.43. The molecule has 0 radical (unpaired) electrons. The van der Waals surface area contributed by atoms with E-state index in [4.69, 9.17) is 5.73 Å². The minimum atomic E-state index is 0.392. The van der Waals surface area contributed by atoms with Gasteiger partial charge in [-0.05, 0) is 18.4 Å². The molecule has 0 bridgehead atoms. The van der Waals surface area contributed by atoms with Gasteiger partial charge in [0.25, 0.3) is 0 Å². The first-order chi connectivity index (χ1) is 8.08. The third-order valence-corrected chi connectivity index (χ3v) is 2.91. The summed E-state index contributed by atoms with van der Waals surface area (Å²) in [5.74, 6) is 0.392. The number of hydrogen-bond acceptors (Lipinski definition) is 2. The molecule has 2 N–H and O–H groups in total. The van der Waals surface area contributed by atoms with Crippen LogP contribution in [-0.4, -0.2) is 9.78 Å². The third kappa shape index (κ3) is 2.49. The number of nitrogen functional groups attached to an aromatic ring is 1. The normalized spacial score (nSPS) is 11.1. The second kappa shape index (κ2) is 4.62. The Morgan fingerprint density at radius 2 is 1.88 bits per heavy atom. The lowest BCUT2D eigenvalue weighted by atomic mass is 10.1. The molecule has 0 saturated heterocycles. The van der Waals surface area contributed by atoms with Crippen molar-refractivity contribution in [3.8, 4) is 0 Å². The molecule has 17 heavy (non-hydrogen) atoms. The fourth-order valence-corrected chi connectivity index (χ4v) is 2.03. The maximum absolute atomic E-state index is 5.94. The van der Waals surface area contributed by atoms with Gasteiger partial charge in [-0.25, -0.2) is 0 Å². The molecule has 2 aromatic rings. The topological polar surface area (TPSA) is 43.8 Å². The molecule has 0 aliphatic heterocycles. The molecule has 0 aliphatic carbocycles. The zero-order valence-electron chi connectivity index (χ0n) is 10.6. The Bertz CT molecular complexity index is 495. The molecule has 0 atom stereocenters. The highest BCUT2D eigenvalue weighted by Gasteiger charge is 2.11. The van der Waals surface area contributed by atoms with Crippen LogP contribution in [0.4, 0.5) is 5.69 Å². The summed E-state index contributed by atoms with van der Waals surface area (Å²) in [4.78, 5) is 0. The van der Waals surface area contributed by atoms with E-state index in [1.807, 2.05) is 4.68 Å². The molecule has 0 unspecified atom stereocenters. The summed E-state index contributed by atoms with van der Waals surface area (Å²) in [5.41, 5.74) is 10.4. The maximum atomic E-state index is 5.94. The van der Waals surface area contributed by atoms with Crippen LogP contribution < -0.4 is 5.73 Å². The zero-order chi connectivity index (χ0) is 12.4. The summed E-state index contributed by atoms with van der Waals surface area (Å²) >= 11 is 0. The van der Waals surface area contributed by atoms with E-state index >= 15 is 0 Å². The zero-order valence-corrected chi connectivity index (χ0v) is 10.6. The average molecular weight is 229 g/mol. The van der Waals surface area contributed by atoms with Gasteiger partial charge in [-0.15, -0.1) is 0 Å². The predicted octanol–water partition coefficient (Wildman–Crippen LogP) is 2.95. The van der Waals surface area contributed by atoms with Crippen LogP contribution in [0.5, 0.6) is 0 Å². The highest BCUT2D eigenvalue weighted by Crippen LogP contribution is 2.22. The van der Waals surface area contributed by atoms with Gasteiger partial charge in [0.1, 0.15) is 0 Å². The van der Waals surface area contributed by atoms with Crippen molar-refractivity contribution in [2.24, 2.45) is 0 Å². The van der Waals surface area contributed by atoms with Gasteiger partial charge in [-0.3, -0.25) is 4.68 Å². The van der Waals surface area contributed by atoms with Gasteiger partial charge in [-0.2, -0.15) is 5.10 Å². The second-order valence-electron chi connectivity index (χ2n) is 4.78. The first-order valence-electron chi connectivity index (χ1n) is 5.94. The minimum absolute atomic E-state index is 0.392. The standard InChI is InChI=1S/C14H19N3/c1-10(2)14-13(15)8-16-17(14)9-12-6-4-11(3)5-7-12/h4-8,10H,9,15H2,1-3H3. The average Bonchev–Trinajstić information content (AvgIpc) is 2.63. The molecule has 1 aromatic heterocycles.